The zero-order chi connectivity index (χ0) is 18.2. The number of carbonyl (C=O) groups is 1. The predicted octanol–water partition coefficient (Wildman–Crippen LogP) is 4.43. The zero-order valence-corrected chi connectivity index (χ0v) is 14.4. The Kier molecular flexibility index (Phi) is 5.84. The van der Waals surface area contributed by atoms with Gasteiger partial charge in [0.2, 0.25) is 5.91 Å². The molecular weight excluding hydrogens is 322 g/mol. The molecule has 26 heavy (non-hydrogen) atoms. The van der Waals surface area contributed by atoms with Crippen molar-refractivity contribution in [3.63, 3.8) is 0 Å². The van der Waals surface area contributed by atoms with E-state index in [0.29, 0.717) is 6.54 Å². The Bertz CT molecular complexity index is 866. The van der Waals surface area contributed by atoms with Crippen molar-refractivity contribution >= 4 is 12.0 Å². The first-order valence-corrected chi connectivity index (χ1v) is 8.60. The van der Waals surface area contributed by atoms with Gasteiger partial charge in [0.05, 0.1) is 0 Å². The van der Waals surface area contributed by atoms with Crippen molar-refractivity contribution in [2.45, 2.75) is 6.42 Å². The average Bonchev–Trinajstić information content (AvgIpc) is 2.68. The summed E-state index contributed by atoms with van der Waals surface area (Å²) in [7, 11) is 0. The smallest absolute Gasteiger partial charge is 0.244 e. The maximum atomic E-state index is 11.9. The molecule has 0 radical (unpaired) electrons. The molecule has 3 heteroatoms. The Hall–Kier alpha value is -3.33. The maximum absolute atomic E-state index is 11.9. The standard InChI is InChI=1S/C23H21NO2/c25-22-13-11-21(12-14-22)20-9-6-19(7-10-20)16-17-24-23(26)15-8-18-4-2-1-3-5-18/h1-15,25H,16-17H2,(H,24,26). The van der Waals surface area contributed by atoms with Crippen LogP contribution in [0.2, 0.25) is 0 Å². The molecule has 0 aliphatic rings. The van der Waals surface area contributed by atoms with Crippen LogP contribution < -0.4 is 5.32 Å². The van der Waals surface area contributed by atoms with Gasteiger partial charge >= 0.3 is 0 Å². The molecule has 0 aliphatic heterocycles. The molecule has 3 nitrogen and oxygen atoms in total. The molecule has 0 atom stereocenters. The second-order valence-electron chi connectivity index (χ2n) is 6.03. The highest BCUT2D eigenvalue weighted by molar-refractivity contribution is 5.91. The third-order valence-corrected chi connectivity index (χ3v) is 4.09. The largest absolute Gasteiger partial charge is 0.508 e. The van der Waals surface area contributed by atoms with Gasteiger partial charge in [-0.3, -0.25) is 4.79 Å². The van der Waals surface area contributed by atoms with E-state index in [1.54, 1.807) is 18.2 Å². The molecule has 0 heterocycles. The van der Waals surface area contributed by atoms with Crippen LogP contribution in [0.1, 0.15) is 11.1 Å². The predicted molar refractivity (Wildman–Crippen MR) is 106 cm³/mol. The average molecular weight is 343 g/mol. The van der Waals surface area contributed by atoms with E-state index < -0.39 is 0 Å². The van der Waals surface area contributed by atoms with Gasteiger partial charge in [0, 0.05) is 12.6 Å². The van der Waals surface area contributed by atoms with E-state index >= 15 is 0 Å². The Labute approximate surface area is 153 Å². The number of hydrogen-bond acceptors (Lipinski definition) is 2. The van der Waals surface area contributed by atoms with Crippen molar-refractivity contribution in [2.24, 2.45) is 0 Å². The summed E-state index contributed by atoms with van der Waals surface area (Å²) in [6.07, 6.45) is 4.14. The van der Waals surface area contributed by atoms with Crippen molar-refractivity contribution in [3.05, 3.63) is 96.1 Å². The summed E-state index contributed by atoms with van der Waals surface area (Å²) in [6.45, 7) is 0.594. The molecule has 0 saturated carbocycles. The highest BCUT2D eigenvalue weighted by Crippen LogP contribution is 2.22. The first-order chi connectivity index (χ1) is 12.7. The van der Waals surface area contributed by atoms with Crippen LogP contribution in [0.3, 0.4) is 0 Å². The first kappa shape index (κ1) is 17.5. The van der Waals surface area contributed by atoms with E-state index in [2.05, 4.69) is 29.6 Å². The topological polar surface area (TPSA) is 49.3 Å². The van der Waals surface area contributed by atoms with Crippen LogP contribution in [0.5, 0.6) is 5.75 Å². The van der Waals surface area contributed by atoms with Crippen LogP contribution in [0.4, 0.5) is 0 Å². The lowest BCUT2D eigenvalue weighted by Crippen LogP contribution is -2.23. The quantitative estimate of drug-likeness (QED) is 0.651. The Morgan fingerprint density at radius 3 is 2.12 bits per heavy atom. The number of rotatable bonds is 6. The van der Waals surface area contributed by atoms with Crippen LogP contribution in [0, 0.1) is 0 Å². The highest BCUT2D eigenvalue weighted by atomic mass is 16.3. The number of amides is 1. The summed E-state index contributed by atoms with van der Waals surface area (Å²) in [4.78, 5) is 11.9. The van der Waals surface area contributed by atoms with Gasteiger partial charge < -0.3 is 10.4 Å². The Balaban J connectivity index is 1.48. The minimum atomic E-state index is -0.0884. The van der Waals surface area contributed by atoms with Gasteiger partial charge in [-0.05, 0) is 46.9 Å². The minimum Gasteiger partial charge on any atom is -0.508 e. The van der Waals surface area contributed by atoms with E-state index in [-0.39, 0.29) is 11.7 Å². The van der Waals surface area contributed by atoms with E-state index in [1.807, 2.05) is 48.5 Å². The van der Waals surface area contributed by atoms with Gasteiger partial charge in [-0.2, -0.15) is 0 Å². The fourth-order valence-corrected chi connectivity index (χ4v) is 2.64. The molecular formula is C23H21NO2. The molecule has 1 amide bonds. The molecule has 0 fully saturated rings. The SMILES string of the molecule is O=C(C=Cc1ccccc1)NCCc1ccc(-c2ccc(O)cc2)cc1. The molecule has 0 aliphatic carbocycles. The van der Waals surface area contributed by atoms with E-state index in [4.69, 9.17) is 0 Å². The van der Waals surface area contributed by atoms with Crippen LogP contribution in [-0.2, 0) is 11.2 Å². The van der Waals surface area contributed by atoms with Crippen molar-refractivity contribution in [1.82, 2.24) is 5.32 Å². The third kappa shape index (κ3) is 5.08. The monoisotopic (exact) mass is 343 g/mol. The summed E-state index contributed by atoms with van der Waals surface area (Å²) in [5, 5.41) is 12.3. The Morgan fingerprint density at radius 2 is 1.46 bits per heavy atom. The second-order valence-corrected chi connectivity index (χ2v) is 6.03. The molecule has 0 aromatic heterocycles. The third-order valence-electron chi connectivity index (χ3n) is 4.09. The maximum Gasteiger partial charge on any atom is 0.244 e. The molecule has 2 N–H and O–H groups in total. The van der Waals surface area contributed by atoms with Crippen molar-refractivity contribution < 1.29 is 9.90 Å². The van der Waals surface area contributed by atoms with Gasteiger partial charge in [-0.25, -0.2) is 0 Å². The van der Waals surface area contributed by atoms with Gasteiger partial charge in [-0.1, -0.05) is 66.7 Å². The number of benzene rings is 3. The lowest BCUT2D eigenvalue weighted by atomic mass is 10.0. The Morgan fingerprint density at radius 1 is 0.846 bits per heavy atom. The van der Waals surface area contributed by atoms with Gasteiger partial charge in [0.15, 0.2) is 0 Å². The lowest BCUT2D eigenvalue weighted by Gasteiger charge is -2.06. The van der Waals surface area contributed by atoms with Gasteiger partial charge in [-0.15, -0.1) is 0 Å². The molecule has 130 valence electrons. The summed E-state index contributed by atoms with van der Waals surface area (Å²) in [6, 6.07) is 25.1. The fraction of sp³-hybridized carbons (Fsp3) is 0.0870. The number of carbonyl (C=O) groups excluding carboxylic acids is 1. The fourth-order valence-electron chi connectivity index (χ4n) is 2.64. The number of hydrogen-bond donors (Lipinski definition) is 2. The van der Waals surface area contributed by atoms with Crippen molar-refractivity contribution in [3.8, 4) is 16.9 Å². The summed E-state index contributed by atoms with van der Waals surface area (Å²) >= 11 is 0. The summed E-state index contributed by atoms with van der Waals surface area (Å²) in [5.74, 6) is 0.178. The molecule has 0 saturated heterocycles. The van der Waals surface area contributed by atoms with Crippen molar-refractivity contribution in [2.75, 3.05) is 6.54 Å². The second kappa shape index (κ2) is 8.67. The zero-order valence-electron chi connectivity index (χ0n) is 14.4. The van der Waals surface area contributed by atoms with E-state index in [1.165, 1.54) is 5.56 Å². The van der Waals surface area contributed by atoms with Gasteiger partial charge in [0.1, 0.15) is 5.75 Å². The van der Waals surface area contributed by atoms with Crippen LogP contribution in [0.15, 0.2) is 84.9 Å². The van der Waals surface area contributed by atoms with Gasteiger partial charge in [0.25, 0.3) is 0 Å². The molecule has 3 aromatic carbocycles. The molecule has 3 rings (SSSR count). The van der Waals surface area contributed by atoms with E-state index in [9.17, 15) is 9.90 Å². The highest BCUT2D eigenvalue weighted by Gasteiger charge is 2.00. The molecule has 3 aromatic rings. The number of nitrogens with one attached hydrogen (secondary N) is 1. The van der Waals surface area contributed by atoms with Crippen LogP contribution >= 0.6 is 0 Å². The van der Waals surface area contributed by atoms with E-state index in [0.717, 1.165) is 23.1 Å². The minimum absolute atomic E-state index is 0.0884. The molecule has 0 unspecified atom stereocenters. The van der Waals surface area contributed by atoms with Crippen molar-refractivity contribution in [1.29, 1.82) is 0 Å². The van der Waals surface area contributed by atoms with Crippen LogP contribution in [0.25, 0.3) is 17.2 Å². The molecule has 0 spiro atoms. The first-order valence-electron chi connectivity index (χ1n) is 8.60. The molecule has 0 bridgehead atoms. The summed E-state index contributed by atoms with van der Waals surface area (Å²) < 4.78 is 0. The number of aromatic hydroxyl groups is 1. The number of phenols is 1. The normalized spacial score (nSPS) is 10.8. The number of phenolic OH excluding ortho intramolecular Hbond substituents is 1. The van der Waals surface area contributed by atoms with Crippen LogP contribution in [-0.4, -0.2) is 17.6 Å². The summed E-state index contributed by atoms with van der Waals surface area (Å²) in [5.41, 5.74) is 4.34. The lowest BCUT2D eigenvalue weighted by molar-refractivity contribution is -0.116.